The normalized spacial score (nSPS) is 15.3. The zero-order valence-electron chi connectivity index (χ0n) is 18.3. The highest BCUT2D eigenvalue weighted by Crippen LogP contribution is 2.29. The summed E-state index contributed by atoms with van der Waals surface area (Å²) in [6, 6.07) is 5.06. The number of carbonyl (C=O) groups is 1. The first kappa shape index (κ1) is 29.2. The Balaban J connectivity index is 0.00000113. The molecule has 1 aromatic carbocycles. The fourth-order valence-electron chi connectivity index (χ4n) is 2.66. The molecular weight excluding hydrogens is 428 g/mol. The summed E-state index contributed by atoms with van der Waals surface area (Å²) in [5.41, 5.74) is 0.0845. The lowest BCUT2D eigenvalue weighted by atomic mass is 10.1. The van der Waals surface area contributed by atoms with Gasteiger partial charge in [-0.15, -0.1) is 0 Å². The van der Waals surface area contributed by atoms with Crippen LogP contribution in [0.3, 0.4) is 0 Å². The Morgan fingerprint density at radius 2 is 1.52 bits per heavy atom. The van der Waals surface area contributed by atoms with Crippen LogP contribution in [0.25, 0.3) is 0 Å². The van der Waals surface area contributed by atoms with Gasteiger partial charge in [0.15, 0.2) is 0 Å². The van der Waals surface area contributed by atoms with Gasteiger partial charge in [-0.3, -0.25) is 4.79 Å². The zero-order chi connectivity index (χ0) is 24.1. The van der Waals surface area contributed by atoms with E-state index in [0.29, 0.717) is 19.6 Å². The van der Waals surface area contributed by atoms with E-state index in [1.165, 1.54) is 19.2 Å². The monoisotopic (exact) mass is 459 g/mol. The highest BCUT2D eigenvalue weighted by atomic mass is 19.4. The summed E-state index contributed by atoms with van der Waals surface area (Å²) in [6.07, 6.45) is -6.13. The van der Waals surface area contributed by atoms with Crippen LogP contribution in [0.1, 0.15) is 51.2 Å². The molecule has 1 heterocycles. The molecule has 0 spiro atoms. The molecule has 1 fully saturated rings. The Bertz CT molecular complexity index is 603. The molecule has 31 heavy (non-hydrogen) atoms. The largest absolute Gasteiger partial charge is 0.469 e. The first-order valence-corrected chi connectivity index (χ1v) is 10.0. The lowest BCUT2D eigenvalue weighted by Gasteiger charge is -2.31. The first-order chi connectivity index (χ1) is 14.4. The molecule has 1 aliphatic heterocycles. The van der Waals surface area contributed by atoms with Gasteiger partial charge in [-0.05, 0) is 30.5 Å². The summed E-state index contributed by atoms with van der Waals surface area (Å²) in [5, 5.41) is 0. The summed E-state index contributed by atoms with van der Waals surface area (Å²) in [5.74, 6) is -0.212. The van der Waals surface area contributed by atoms with E-state index in [1.807, 2.05) is 13.8 Å². The van der Waals surface area contributed by atoms with Crippen LogP contribution in [-0.4, -0.2) is 49.9 Å². The lowest BCUT2D eigenvalue weighted by Crippen LogP contribution is -2.38. The maximum Gasteiger partial charge on any atom is 0.416 e. The van der Waals surface area contributed by atoms with Gasteiger partial charge in [0, 0.05) is 26.6 Å². The van der Waals surface area contributed by atoms with Crippen molar-refractivity contribution in [1.82, 2.24) is 4.90 Å². The van der Waals surface area contributed by atoms with Crippen molar-refractivity contribution in [1.29, 1.82) is 0 Å². The predicted molar refractivity (Wildman–Crippen MR) is 105 cm³/mol. The molecule has 10 heteroatoms. The number of likely N-dealkylation sites (tertiary alicyclic amines) is 1. The van der Waals surface area contributed by atoms with Crippen molar-refractivity contribution in [2.24, 2.45) is 0 Å². The van der Waals surface area contributed by atoms with Crippen molar-refractivity contribution in [3.63, 3.8) is 0 Å². The third kappa shape index (κ3) is 14.8. The second-order valence-electron chi connectivity index (χ2n) is 6.65. The van der Waals surface area contributed by atoms with Gasteiger partial charge in [0.25, 0.3) is 0 Å². The number of benzene rings is 1. The van der Waals surface area contributed by atoms with Crippen LogP contribution in [0, 0.1) is 0 Å². The highest BCUT2D eigenvalue weighted by Gasteiger charge is 2.30. The van der Waals surface area contributed by atoms with E-state index >= 15 is 0 Å². The molecule has 0 aromatic heterocycles. The van der Waals surface area contributed by atoms with E-state index in [4.69, 9.17) is 4.74 Å². The number of methoxy groups -OCH3 is 1. The molecule has 1 aliphatic rings. The third-order valence-corrected chi connectivity index (χ3v) is 4.16. The topological polar surface area (TPSA) is 38.8 Å². The van der Waals surface area contributed by atoms with Crippen LogP contribution in [0.15, 0.2) is 24.3 Å². The van der Waals surface area contributed by atoms with Gasteiger partial charge in [-0.2, -0.15) is 26.3 Å². The van der Waals surface area contributed by atoms with Gasteiger partial charge in [0.05, 0.1) is 31.8 Å². The van der Waals surface area contributed by atoms with Crippen LogP contribution >= 0.6 is 0 Å². The van der Waals surface area contributed by atoms with Gasteiger partial charge in [-0.25, -0.2) is 0 Å². The molecule has 1 aromatic rings. The number of esters is 1. The predicted octanol–water partition coefficient (Wildman–Crippen LogP) is 5.84. The molecule has 2 rings (SSSR count). The molecule has 0 atom stereocenters. The Morgan fingerprint density at radius 1 is 1.03 bits per heavy atom. The first-order valence-electron chi connectivity index (χ1n) is 10.0. The minimum atomic E-state index is -4.31. The van der Waals surface area contributed by atoms with Crippen molar-refractivity contribution in [3.05, 3.63) is 35.4 Å². The number of alkyl halides is 6. The fraction of sp³-hybridized carbons (Fsp3) is 0.667. The van der Waals surface area contributed by atoms with Crippen molar-refractivity contribution in [3.8, 4) is 0 Å². The minimum absolute atomic E-state index is 0.0988. The van der Waals surface area contributed by atoms with Crippen LogP contribution < -0.4 is 0 Å². The highest BCUT2D eigenvalue weighted by molar-refractivity contribution is 5.69. The third-order valence-electron chi connectivity index (χ3n) is 4.16. The molecular formula is C21H31F6NO3. The molecule has 0 saturated carbocycles. The van der Waals surface area contributed by atoms with Crippen LogP contribution in [-0.2, 0) is 27.1 Å². The Labute approximate surface area is 179 Å². The molecule has 0 N–H and O–H groups in total. The SMILES string of the molecule is CC.CC(F)(F)F.COC(=O)CCN1CCC(OCc2ccc(C(F)(F)F)cc2)CC1. The molecule has 4 nitrogen and oxygen atoms in total. The number of ether oxygens (including phenoxy) is 2. The average Bonchev–Trinajstić information content (AvgIpc) is 2.71. The van der Waals surface area contributed by atoms with Crippen LogP contribution in [0.2, 0.25) is 0 Å². The van der Waals surface area contributed by atoms with Gasteiger partial charge in [0.2, 0.25) is 0 Å². The molecule has 0 bridgehead atoms. The van der Waals surface area contributed by atoms with Crippen LogP contribution in [0.5, 0.6) is 0 Å². The maximum absolute atomic E-state index is 12.5. The Kier molecular flexibility index (Phi) is 13.5. The number of hydrogen-bond donors (Lipinski definition) is 0. The summed E-state index contributed by atoms with van der Waals surface area (Å²) in [6.45, 7) is 6.86. The average molecular weight is 459 g/mol. The van der Waals surface area contributed by atoms with Gasteiger partial charge < -0.3 is 14.4 Å². The lowest BCUT2D eigenvalue weighted by molar-refractivity contribution is -0.141. The molecule has 0 unspecified atom stereocenters. The maximum atomic E-state index is 12.5. The molecule has 0 amide bonds. The van der Waals surface area contributed by atoms with E-state index < -0.39 is 17.9 Å². The molecule has 1 saturated heterocycles. The standard InChI is InChI=1S/C17H22F3NO3.C2H3F3.C2H6/c1-23-16(22)8-11-21-9-6-15(7-10-21)24-12-13-2-4-14(5-3-13)17(18,19)20;1-2(3,4)5;1-2/h2-5,15H,6-12H2,1H3;1H3;1-2H3. The van der Waals surface area contributed by atoms with E-state index in [1.54, 1.807) is 0 Å². The van der Waals surface area contributed by atoms with E-state index in [0.717, 1.165) is 43.6 Å². The van der Waals surface area contributed by atoms with E-state index in [-0.39, 0.29) is 19.0 Å². The van der Waals surface area contributed by atoms with E-state index in [2.05, 4.69) is 9.64 Å². The van der Waals surface area contributed by atoms with Crippen LogP contribution in [0.4, 0.5) is 26.3 Å². The Morgan fingerprint density at radius 3 is 1.94 bits per heavy atom. The number of piperidine rings is 1. The second kappa shape index (κ2) is 14.3. The van der Waals surface area contributed by atoms with Crippen molar-refractivity contribution in [2.75, 3.05) is 26.7 Å². The molecule has 180 valence electrons. The molecule has 0 aliphatic carbocycles. The summed E-state index contributed by atoms with van der Waals surface area (Å²) < 4.78 is 79.0. The second-order valence-corrected chi connectivity index (χ2v) is 6.65. The Hall–Kier alpha value is -1.81. The summed E-state index contributed by atoms with van der Waals surface area (Å²) in [4.78, 5) is 13.3. The number of hydrogen-bond acceptors (Lipinski definition) is 4. The van der Waals surface area contributed by atoms with E-state index in [9.17, 15) is 31.1 Å². The van der Waals surface area contributed by atoms with Gasteiger partial charge in [0.1, 0.15) is 0 Å². The van der Waals surface area contributed by atoms with Crippen molar-refractivity contribution < 1.29 is 40.6 Å². The molecule has 0 radical (unpaired) electrons. The number of rotatable bonds is 6. The number of halogens is 6. The van der Waals surface area contributed by atoms with Crippen molar-refractivity contribution in [2.45, 2.75) is 65.1 Å². The minimum Gasteiger partial charge on any atom is -0.469 e. The zero-order valence-corrected chi connectivity index (χ0v) is 18.3. The fourth-order valence-corrected chi connectivity index (χ4v) is 2.66. The quantitative estimate of drug-likeness (QED) is 0.396. The number of carbonyl (C=O) groups excluding carboxylic acids is 1. The van der Waals surface area contributed by atoms with Gasteiger partial charge in [-0.1, -0.05) is 26.0 Å². The number of nitrogens with zero attached hydrogens (tertiary/aromatic N) is 1. The van der Waals surface area contributed by atoms with Crippen molar-refractivity contribution >= 4 is 5.97 Å². The summed E-state index contributed by atoms with van der Waals surface area (Å²) in [7, 11) is 1.38. The van der Waals surface area contributed by atoms with Gasteiger partial charge >= 0.3 is 18.3 Å². The summed E-state index contributed by atoms with van der Waals surface area (Å²) >= 11 is 0. The smallest absolute Gasteiger partial charge is 0.416 e.